The number of hydrogen-bond acceptors (Lipinski definition) is 5. The van der Waals surface area contributed by atoms with Crippen molar-refractivity contribution >= 4 is 0 Å². The molecule has 124 valence electrons. The van der Waals surface area contributed by atoms with Crippen molar-refractivity contribution in [2.75, 3.05) is 14.2 Å². The fraction of sp³-hybridized carbons (Fsp3) is 0.167. The van der Waals surface area contributed by atoms with Crippen LogP contribution in [0, 0.1) is 6.92 Å². The van der Waals surface area contributed by atoms with E-state index >= 15 is 0 Å². The Morgan fingerprint density at radius 1 is 0.958 bits per heavy atom. The van der Waals surface area contributed by atoms with E-state index in [0.29, 0.717) is 28.5 Å². The summed E-state index contributed by atoms with van der Waals surface area (Å²) in [6.45, 7) is 1.85. The fourth-order valence-electron chi connectivity index (χ4n) is 2.43. The Morgan fingerprint density at radius 3 is 2.38 bits per heavy atom. The minimum absolute atomic E-state index is 0.0544. The van der Waals surface area contributed by atoms with Gasteiger partial charge in [-0.15, -0.1) is 0 Å². The van der Waals surface area contributed by atoms with Gasteiger partial charge in [0.15, 0.2) is 17.2 Å². The molecule has 0 spiro atoms. The summed E-state index contributed by atoms with van der Waals surface area (Å²) in [5.74, 6) is 1.87. The number of ether oxygens (including phenoxy) is 3. The number of rotatable bonds is 5. The van der Waals surface area contributed by atoms with Crippen molar-refractivity contribution in [1.29, 1.82) is 0 Å². The van der Waals surface area contributed by atoms with Gasteiger partial charge in [-0.05, 0) is 31.2 Å². The Hall–Kier alpha value is -3.15. The predicted octanol–water partition coefficient (Wildman–Crippen LogP) is 3.90. The van der Waals surface area contributed by atoms with Crippen molar-refractivity contribution in [1.82, 2.24) is 10.2 Å². The quantitative estimate of drug-likeness (QED) is 0.743. The molecule has 0 saturated carbocycles. The highest BCUT2D eigenvalue weighted by Crippen LogP contribution is 2.46. The lowest BCUT2D eigenvalue weighted by Crippen LogP contribution is -1.93. The van der Waals surface area contributed by atoms with Crippen LogP contribution in [0.2, 0.25) is 0 Å². The van der Waals surface area contributed by atoms with Gasteiger partial charge >= 0.3 is 0 Å². The minimum atomic E-state index is -0.0544. The van der Waals surface area contributed by atoms with E-state index in [1.165, 1.54) is 14.2 Å². The van der Waals surface area contributed by atoms with Crippen LogP contribution in [0.4, 0.5) is 0 Å². The van der Waals surface area contributed by atoms with Crippen LogP contribution in [0.5, 0.6) is 28.7 Å². The van der Waals surface area contributed by atoms with Gasteiger partial charge in [-0.2, -0.15) is 5.10 Å². The summed E-state index contributed by atoms with van der Waals surface area (Å²) in [7, 11) is 2.98. The number of para-hydroxylation sites is 1. The third kappa shape index (κ3) is 2.74. The van der Waals surface area contributed by atoms with Crippen LogP contribution in [-0.2, 0) is 0 Å². The van der Waals surface area contributed by atoms with Crippen molar-refractivity contribution < 1.29 is 19.3 Å². The molecule has 24 heavy (non-hydrogen) atoms. The smallest absolute Gasteiger partial charge is 0.203 e. The van der Waals surface area contributed by atoms with Crippen molar-refractivity contribution in [2.45, 2.75) is 6.92 Å². The Labute approximate surface area is 139 Å². The second-order valence-electron chi connectivity index (χ2n) is 5.14. The standard InChI is InChI=1S/C18H18N2O4/c1-11-17(24-12-7-5-4-6-8-12)15(20-19-11)13-9-10-14(22-2)18(23-3)16(13)21/h4-10,21H,1-3H3,(H,19,20). The first kappa shape index (κ1) is 15.7. The van der Waals surface area contributed by atoms with Gasteiger partial charge in [-0.1, -0.05) is 18.2 Å². The minimum Gasteiger partial charge on any atom is -0.504 e. The Balaban J connectivity index is 2.08. The van der Waals surface area contributed by atoms with Crippen LogP contribution in [0.15, 0.2) is 42.5 Å². The Kier molecular flexibility index (Phi) is 4.29. The maximum Gasteiger partial charge on any atom is 0.203 e. The molecule has 1 aromatic heterocycles. The van der Waals surface area contributed by atoms with Gasteiger partial charge in [-0.3, -0.25) is 5.10 Å². The summed E-state index contributed by atoms with van der Waals surface area (Å²) in [4.78, 5) is 0. The first-order valence-corrected chi connectivity index (χ1v) is 7.38. The molecule has 0 aliphatic heterocycles. The fourth-order valence-corrected chi connectivity index (χ4v) is 2.43. The molecule has 6 heteroatoms. The molecule has 2 aromatic carbocycles. The van der Waals surface area contributed by atoms with Crippen LogP contribution in [0.3, 0.4) is 0 Å². The van der Waals surface area contributed by atoms with Crippen LogP contribution >= 0.6 is 0 Å². The van der Waals surface area contributed by atoms with Crippen molar-refractivity contribution in [3.63, 3.8) is 0 Å². The maximum absolute atomic E-state index is 10.5. The third-order valence-electron chi connectivity index (χ3n) is 3.63. The van der Waals surface area contributed by atoms with E-state index in [9.17, 15) is 5.11 Å². The third-order valence-corrected chi connectivity index (χ3v) is 3.63. The molecule has 0 fully saturated rings. The lowest BCUT2D eigenvalue weighted by molar-refractivity contribution is 0.333. The van der Waals surface area contributed by atoms with Crippen molar-refractivity contribution in [3.8, 4) is 40.0 Å². The van der Waals surface area contributed by atoms with Crippen LogP contribution in [0.25, 0.3) is 11.3 Å². The van der Waals surface area contributed by atoms with Gasteiger partial charge in [0, 0.05) is 0 Å². The molecule has 0 aliphatic rings. The second-order valence-corrected chi connectivity index (χ2v) is 5.14. The van der Waals surface area contributed by atoms with E-state index in [-0.39, 0.29) is 11.5 Å². The first-order chi connectivity index (χ1) is 11.7. The molecule has 3 aromatic rings. The summed E-state index contributed by atoms with van der Waals surface area (Å²) >= 11 is 0. The lowest BCUT2D eigenvalue weighted by Gasteiger charge is -2.13. The zero-order chi connectivity index (χ0) is 17.1. The Morgan fingerprint density at radius 2 is 1.71 bits per heavy atom. The number of hydrogen-bond donors (Lipinski definition) is 2. The molecule has 0 aliphatic carbocycles. The predicted molar refractivity (Wildman–Crippen MR) is 90.0 cm³/mol. The molecular formula is C18H18N2O4. The SMILES string of the molecule is COc1ccc(-c2n[nH]c(C)c2Oc2ccccc2)c(O)c1OC. The van der Waals surface area contributed by atoms with E-state index in [0.717, 1.165) is 5.69 Å². The average Bonchev–Trinajstić information content (AvgIpc) is 2.96. The highest BCUT2D eigenvalue weighted by molar-refractivity contribution is 5.78. The molecule has 0 saturated heterocycles. The van der Waals surface area contributed by atoms with Gasteiger partial charge < -0.3 is 19.3 Å². The number of aromatic hydroxyl groups is 1. The highest BCUT2D eigenvalue weighted by atomic mass is 16.5. The molecular weight excluding hydrogens is 308 g/mol. The molecule has 1 heterocycles. The number of benzene rings is 2. The van der Waals surface area contributed by atoms with Gasteiger partial charge in [0.1, 0.15) is 11.4 Å². The molecule has 0 radical (unpaired) electrons. The molecule has 0 atom stereocenters. The van der Waals surface area contributed by atoms with E-state index in [4.69, 9.17) is 14.2 Å². The van der Waals surface area contributed by atoms with E-state index in [1.54, 1.807) is 12.1 Å². The summed E-state index contributed by atoms with van der Waals surface area (Å²) in [5.41, 5.74) is 1.74. The van der Waals surface area contributed by atoms with E-state index in [1.807, 2.05) is 37.3 Å². The number of methoxy groups -OCH3 is 2. The first-order valence-electron chi connectivity index (χ1n) is 7.38. The number of nitrogens with zero attached hydrogens (tertiary/aromatic N) is 1. The second kappa shape index (κ2) is 6.54. The lowest BCUT2D eigenvalue weighted by atomic mass is 10.1. The molecule has 3 rings (SSSR count). The maximum atomic E-state index is 10.5. The number of H-pyrrole nitrogens is 1. The van der Waals surface area contributed by atoms with Crippen LogP contribution in [0.1, 0.15) is 5.69 Å². The molecule has 0 bridgehead atoms. The number of aryl methyl sites for hydroxylation is 1. The summed E-state index contributed by atoms with van der Waals surface area (Å²) in [6.07, 6.45) is 0. The molecule has 2 N–H and O–H groups in total. The topological polar surface area (TPSA) is 76.6 Å². The average molecular weight is 326 g/mol. The van der Waals surface area contributed by atoms with Gasteiger partial charge in [0.2, 0.25) is 5.75 Å². The number of phenols is 1. The number of aromatic amines is 1. The van der Waals surface area contributed by atoms with E-state index < -0.39 is 0 Å². The Bertz CT molecular complexity index is 844. The zero-order valence-electron chi connectivity index (χ0n) is 13.7. The van der Waals surface area contributed by atoms with E-state index in [2.05, 4.69) is 10.2 Å². The van der Waals surface area contributed by atoms with Crippen LogP contribution < -0.4 is 14.2 Å². The molecule has 6 nitrogen and oxygen atoms in total. The normalized spacial score (nSPS) is 10.5. The van der Waals surface area contributed by atoms with Gasteiger partial charge in [0.25, 0.3) is 0 Å². The molecule has 0 amide bonds. The largest absolute Gasteiger partial charge is 0.504 e. The van der Waals surface area contributed by atoms with Gasteiger partial charge in [0.05, 0.1) is 25.5 Å². The monoisotopic (exact) mass is 326 g/mol. The summed E-state index contributed by atoms with van der Waals surface area (Å²) in [6, 6.07) is 12.8. The van der Waals surface area contributed by atoms with Crippen molar-refractivity contribution in [3.05, 3.63) is 48.2 Å². The highest BCUT2D eigenvalue weighted by Gasteiger charge is 2.22. The number of nitrogens with one attached hydrogen (secondary N) is 1. The number of phenolic OH excluding ortho intramolecular Hbond substituents is 1. The summed E-state index contributed by atoms with van der Waals surface area (Å²) in [5, 5.41) is 17.7. The van der Waals surface area contributed by atoms with Crippen LogP contribution in [-0.4, -0.2) is 29.5 Å². The number of aromatic nitrogens is 2. The zero-order valence-corrected chi connectivity index (χ0v) is 13.7. The van der Waals surface area contributed by atoms with Gasteiger partial charge in [-0.25, -0.2) is 0 Å². The van der Waals surface area contributed by atoms with Crippen molar-refractivity contribution in [2.24, 2.45) is 0 Å². The summed E-state index contributed by atoms with van der Waals surface area (Å²) < 4.78 is 16.4. The molecule has 0 unspecified atom stereocenters.